The summed E-state index contributed by atoms with van der Waals surface area (Å²) in [5.41, 5.74) is 3.26. The Morgan fingerprint density at radius 3 is 2.00 bits per heavy atom. The van der Waals surface area contributed by atoms with Crippen LogP contribution in [-0.2, 0) is 4.79 Å². The summed E-state index contributed by atoms with van der Waals surface area (Å²) in [7, 11) is 0. The van der Waals surface area contributed by atoms with Crippen LogP contribution in [0.5, 0.6) is 0 Å². The molecule has 126 valence electrons. The van der Waals surface area contributed by atoms with Gasteiger partial charge in [-0.2, -0.15) is 0 Å². The van der Waals surface area contributed by atoms with Gasteiger partial charge in [0.2, 0.25) is 5.91 Å². The molecule has 0 aliphatic carbocycles. The number of nitrogens with zero attached hydrogens (tertiary/aromatic N) is 2. The Labute approximate surface area is 142 Å². The summed E-state index contributed by atoms with van der Waals surface area (Å²) in [5.74, 6) is 0.0506. The molecular weight excluding hydrogens is 303 g/mol. The molecule has 1 heterocycles. The number of carbonyl (C=O) groups excluding carboxylic acids is 1. The van der Waals surface area contributed by atoms with Gasteiger partial charge in [0.1, 0.15) is 5.82 Å². The summed E-state index contributed by atoms with van der Waals surface area (Å²) in [4.78, 5) is 16.2. The molecule has 1 aliphatic rings. The predicted molar refractivity (Wildman–Crippen MR) is 95.5 cm³/mol. The summed E-state index contributed by atoms with van der Waals surface area (Å²) >= 11 is 0. The standard InChI is InChI=1S/C20H23FN2O/c1-2-3-20(24)23-14-12-22(13-15-23)19-10-6-17(7-11-19)16-4-8-18(21)9-5-16/h4-11H,2-3,12-15H2,1H3. The van der Waals surface area contributed by atoms with Crippen LogP contribution in [-0.4, -0.2) is 37.0 Å². The van der Waals surface area contributed by atoms with Crippen molar-refractivity contribution in [2.75, 3.05) is 31.1 Å². The van der Waals surface area contributed by atoms with E-state index >= 15 is 0 Å². The lowest BCUT2D eigenvalue weighted by atomic mass is 10.1. The molecule has 1 amide bonds. The quantitative estimate of drug-likeness (QED) is 0.849. The maximum absolute atomic E-state index is 13.0. The summed E-state index contributed by atoms with van der Waals surface area (Å²) in [5, 5.41) is 0. The number of carbonyl (C=O) groups is 1. The van der Waals surface area contributed by atoms with Gasteiger partial charge in [0.15, 0.2) is 0 Å². The summed E-state index contributed by atoms with van der Waals surface area (Å²) in [6.07, 6.45) is 1.55. The fourth-order valence-electron chi connectivity index (χ4n) is 3.09. The van der Waals surface area contributed by atoms with Gasteiger partial charge in [-0.15, -0.1) is 0 Å². The first-order chi connectivity index (χ1) is 11.7. The van der Waals surface area contributed by atoms with Crippen LogP contribution in [0.15, 0.2) is 48.5 Å². The minimum Gasteiger partial charge on any atom is -0.368 e. The van der Waals surface area contributed by atoms with Crippen molar-refractivity contribution in [3.8, 4) is 11.1 Å². The van der Waals surface area contributed by atoms with Crippen LogP contribution in [0.1, 0.15) is 19.8 Å². The van der Waals surface area contributed by atoms with Gasteiger partial charge in [-0.05, 0) is 41.8 Å². The molecule has 0 atom stereocenters. The van der Waals surface area contributed by atoms with Crippen molar-refractivity contribution in [3.05, 3.63) is 54.3 Å². The maximum atomic E-state index is 13.0. The van der Waals surface area contributed by atoms with E-state index in [1.807, 2.05) is 11.8 Å². The molecule has 1 saturated heterocycles. The lowest BCUT2D eigenvalue weighted by Gasteiger charge is -2.36. The molecule has 0 N–H and O–H groups in total. The van der Waals surface area contributed by atoms with Crippen LogP contribution < -0.4 is 4.90 Å². The van der Waals surface area contributed by atoms with Gasteiger partial charge in [0, 0.05) is 38.3 Å². The summed E-state index contributed by atoms with van der Waals surface area (Å²) in [6.45, 7) is 5.35. The zero-order valence-corrected chi connectivity index (χ0v) is 14.0. The molecule has 3 rings (SSSR count). The van der Waals surface area contributed by atoms with E-state index in [0.29, 0.717) is 6.42 Å². The van der Waals surface area contributed by atoms with Crippen LogP contribution in [0.4, 0.5) is 10.1 Å². The number of anilines is 1. The van der Waals surface area contributed by atoms with E-state index in [1.165, 1.54) is 17.8 Å². The van der Waals surface area contributed by atoms with Gasteiger partial charge in [-0.25, -0.2) is 4.39 Å². The topological polar surface area (TPSA) is 23.6 Å². The summed E-state index contributed by atoms with van der Waals surface area (Å²) < 4.78 is 13.0. The molecule has 24 heavy (non-hydrogen) atoms. The Hall–Kier alpha value is -2.36. The van der Waals surface area contributed by atoms with Gasteiger partial charge < -0.3 is 9.80 Å². The minimum atomic E-state index is -0.217. The Balaban J connectivity index is 1.62. The van der Waals surface area contributed by atoms with Crippen molar-refractivity contribution < 1.29 is 9.18 Å². The van der Waals surface area contributed by atoms with Crippen LogP contribution in [0.25, 0.3) is 11.1 Å². The van der Waals surface area contributed by atoms with Crippen molar-refractivity contribution in [1.82, 2.24) is 4.90 Å². The van der Waals surface area contributed by atoms with Gasteiger partial charge in [-0.1, -0.05) is 31.2 Å². The Kier molecular flexibility index (Phi) is 5.14. The lowest BCUT2D eigenvalue weighted by Crippen LogP contribution is -2.48. The number of piperazine rings is 1. The zero-order valence-electron chi connectivity index (χ0n) is 14.0. The monoisotopic (exact) mass is 326 g/mol. The normalized spacial score (nSPS) is 14.8. The molecule has 3 nitrogen and oxygen atoms in total. The van der Waals surface area contributed by atoms with E-state index in [4.69, 9.17) is 0 Å². The second-order valence-electron chi connectivity index (χ2n) is 6.17. The number of rotatable bonds is 4. The fraction of sp³-hybridized carbons (Fsp3) is 0.350. The first kappa shape index (κ1) is 16.5. The van der Waals surface area contributed by atoms with Crippen molar-refractivity contribution in [2.24, 2.45) is 0 Å². The minimum absolute atomic E-state index is 0.217. The number of benzene rings is 2. The number of amides is 1. The zero-order chi connectivity index (χ0) is 16.9. The maximum Gasteiger partial charge on any atom is 0.222 e. The van der Waals surface area contributed by atoms with Crippen LogP contribution >= 0.6 is 0 Å². The highest BCUT2D eigenvalue weighted by Gasteiger charge is 2.20. The molecule has 2 aromatic rings. The highest BCUT2D eigenvalue weighted by Crippen LogP contribution is 2.24. The average molecular weight is 326 g/mol. The molecule has 0 unspecified atom stereocenters. The Morgan fingerprint density at radius 2 is 1.46 bits per heavy atom. The molecular formula is C20H23FN2O. The molecule has 0 radical (unpaired) electrons. The number of hydrogen-bond acceptors (Lipinski definition) is 2. The van der Waals surface area contributed by atoms with E-state index in [9.17, 15) is 9.18 Å². The third kappa shape index (κ3) is 3.75. The van der Waals surface area contributed by atoms with Crippen molar-refractivity contribution >= 4 is 11.6 Å². The third-order valence-corrected chi connectivity index (χ3v) is 4.51. The first-order valence-electron chi connectivity index (χ1n) is 8.56. The average Bonchev–Trinajstić information content (AvgIpc) is 2.63. The van der Waals surface area contributed by atoms with E-state index in [1.54, 1.807) is 12.1 Å². The molecule has 2 aromatic carbocycles. The van der Waals surface area contributed by atoms with E-state index in [-0.39, 0.29) is 11.7 Å². The fourth-order valence-corrected chi connectivity index (χ4v) is 3.09. The van der Waals surface area contributed by atoms with Crippen LogP contribution in [0, 0.1) is 5.82 Å². The predicted octanol–water partition coefficient (Wildman–Crippen LogP) is 3.94. The number of hydrogen-bond donors (Lipinski definition) is 0. The van der Waals surface area contributed by atoms with E-state index < -0.39 is 0 Å². The molecule has 0 spiro atoms. The second-order valence-corrected chi connectivity index (χ2v) is 6.17. The van der Waals surface area contributed by atoms with Gasteiger partial charge in [-0.3, -0.25) is 4.79 Å². The third-order valence-electron chi connectivity index (χ3n) is 4.51. The lowest BCUT2D eigenvalue weighted by molar-refractivity contribution is -0.131. The largest absolute Gasteiger partial charge is 0.368 e. The molecule has 0 bridgehead atoms. The second kappa shape index (κ2) is 7.47. The highest BCUT2D eigenvalue weighted by molar-refractivity contribution is 5.76. The Bertz CT molecular complexity index is 674. The SMILES string of the molecule is CCCC(=O)N1CCN(c2ccc(-c3ccc(F)cc3)cc2)CC1. The Morgan fingerprint density at radius 1 is 0.917 bits per heavy atom. The molecule has 0 aromatic heterocycles. The number of halogens is 1. The van der Waals surface area contributed by atoms with Gasteiger partial charge >= 0.3 is 0 Å². The summed E-state index contributed by atoms with van der Waals surface area (Å²) in [6, 6.07) is 14.9. The van der Waals surface area contributed by atoms with Gasteiger partial charge in [0.05, 0.1) is 0 Å². The molecule has 0 saturated carbocycles. The van der Waals surface area contributed by atoms with Gasteiger partial charge in [0.25, 0.3) is 0 Å². The molecule has 1 fully saturated rings. The first-order valence-corrected chi connectivity index (χ1v) is 8.56. The van der Waals surface area contributed by atoms with Crippen LogP contribution in [0.3, 0.4) is 0 Å². The van der Waals surface area contributed by atoms with E-state index in [0.717, 1.165) is 43.7 Å². The van der Waals surface area contributed by atoms with E-state index in [2.05, 4.69) is 29.2 Å². The molecule has 1 aliphatic heterocycles. The van der Waals surface area contributed by atoms with Crippen molar-refractivity contribution in [3.63, 3.8) is 0 Å². The van der Waals surface area contributed by atoms with Crippen molar-refractivity contribution in [1.29, 1.82) is 0 Å². The molecule has 4 heteroatoms. The smallest absolute Gasteiger partial charge is 0.222 e. The highest BCUT2D eigenvalue weighted by atomic mass is 19.1. The van der Waals surface area contributed by atoms with Crippen molar-refractivity contribution in [2.45, 2.75) is 19.8 Å². The van der Waals surface area contributed by atoms with Crippen LogP contribution in [0.2, 0.25) is 0 Å².